The van der Waals surface area contributed by atoms with Gasteiger partial charge in [-0.3, -0.25) is 9.59 Å². The summed E-state index contributed by atoms with van der Waals surface area (Å²) in [6, 6.07) is 9.47. The third-order valence-electron chi connectivity index (χ3n) is 3.49. The lowest BCUT2D eigenvalue weighted by Gasteiger charge is -2.00. The van der Waals surface area contributed by atoms with Gasteiger partial charge < -0.3 is 14.6 Å². The number of hydrogen-bond acceptors (Lipinski definition) is 8. The van der Waals surface area contributed by atoms with E-state index in [1.807, 2.05) is 30.3 Å². The van der Waals surface area contributed by atoms with Gasteiger partial charge in [0.05, 0.1) is 18.7 Å². The van der Waals surface area contributed by atoms with Crippen LogP contribution in [0.15, 0.2) is 40.2 Å². The van der Waals surface area contributed by atoms with Crippen molar-refractivity contribution in [3.8, 4) is 11.4 Å². The third-order valence-corrected chi connectivity index (χ3v) is 4.30. The highest BCUT2D eigenvalue weighted by atomic mass is 32.1. The SMILES string of the molecule is CCOC(=O)Cc1csc(NC(=O)CCc2nc(-c3ccccc3)no2)n1. The van der Waals surface area contributed by atoms with Gasteiger partial charge in [0, 0.05) is 23.8 Å². The van der Waals surface area contributed by atoms with E-state index >= 15 is 0 Å². The lowest BCUT2D eigenvalue weighted by Crippen LogP contribution is -2.12. The minimum atomic E-state index is -0.341. The van der Waals surface area contributed by atoms with Gasteiger partial charge in [-0.25, -0.2) is 4.98 Å². The molecule has 140 valence electrons. The van der Waals surface area contributed by atoms with E-state index in [1.165, 1.54) is 11.3 Å². The molecule has 1 aromatic carbocycles. The summed E-state index contributed by atoms with van der Waals surface area (Å²) in [7, 11) is 0. The molecule has 9 heteroatoms. The average molecular weight is 386 g/mol. The molecule has 27 heavy (non-hydrogen) atoms. The first kappa shape index (κ1) is 18.7. The van der Waals surface area contributed by atoms with Crippen LogP contribution in [0, 0.1) is 0 Å². The van der Waals surface area contributed by atoms with Gasteiger partial charge in [0.2, 0.25) is 17.6 Å². The highest BCUT2D eigenvalue weighted by molar-refractivity contribution is 7.13. The van der Waals surface area contributed by atoms with Gasteiger partial charge >= 0.3 is 5.97 Å². The molecule has 3 rings (SSSR count). The van der Waals surface area contributed by atoms with Crippen molar-refractivity contribution < 1.29 is 18.8 Å². The van der Waals surface area contributed by atoms with Gasteiger partial charge in [-0.15, -0.1) is 11.3 Å². The maximum absolute atomic E-state index is 12.1. The van der Waals surface area contributed by atoms with E-state index in [0.717, 1.165) is 5.56 Å². The van der Waals surface area contributed by atoms with Crippen molar-refractivity contribution in [2.75, 3.05) is 11.9 Å². The van der Waals surface area contributed by atoms with E-state index < -0.39 is 0 Å². The fourth-order valence-electron chi connectivity index (χ4n) is 2.27. The van der Waals surface area contributed by atoms with Crippen LogP contribution in [0.5, 0.6) is 0 Å². The number of carbonyl (C=O) groups is 2. The number of esters is 1. The molecule has 0 aliphatic carbocycles. The molecule has 0 bridgehead atoms. The molecule has 0 aliphatic heterocycles. The Morgan fingerprint density at radius 2 is 2.04 bits per heavy atom. The molecule has 0 radical (unpaired) electrons. The van der Waals surface area contributed by atoms with Gasteiger partial charge in [-0.2, -0.15) is 4.98 Å². The first-order chi connectivity index (χ1) is 13.1. The molecular weight excluding hydrogens is 368 g/mol. The molecule has 0 saturated heterocycles. The number of aryl methyl sites for hydroxylation is 1. The van der Waals surface area contributed by atoms with E-state index in [-0.39, 0.29) is 24.7 Å². The van der Waals surface area contributed by atoms with Gasteiger partial charge in [-0.1, -0.05) is 35.5 Å². The molecule has 0 aliphatic rings. The number of nitrogens with one attached hydrogen (secondary N) is 1. The number of thiazole rings is 1. The zero-order valence-electron chi connectivity index (χ0n) is 14.7. The minimum Gasteiger partial charge on any atom is -0.466 e. The van der Waals surface area contributed by atoms with Crippen LogP contribution < -0.4 is 5.32 Å². The molecule has 0 spiro atoms. The highest BCUT2D eigenvalue weighted by Crippen LogP contribution is 2.18. The van der Waals surface area contributed by atoms with Crippen molar-refractivity contribution >= 4 is 28.3 Å². The molecule has 3 aromatic rings. The number of anilines is 1. The second kappa shape index (κ2) is 9.04. The Morgan fingerprint density at radius 3 is 2.81 bits per heavy atom. The number of ether oxygens (including phenoxy) is 1. The molecule has 0 fully saturated rings. The minimum absolute atomic E-state index is 0.0878. The van der Waals surface area contributed by atoms with Crippen LogP contribution in [0.2, 0.25) is 0 Å². The van der Waals surface area contributed by atoms with Gasteiger partial charge in [-0.05, 0) is 6.92 Å². The second-order valence-corrected chi connectivity index (χ2v) is 6.41. The highest BCUT2D eigenvalue weighted by Gasteiger charge is 2.13. The fraction of sp³-hybridized carbons (Fsp3) is 0.278. The van der Waals surface area contributed by atoms with Crippen molar-refractivity contribution in [2.24, 2.45) is 0 Å². The summed E-state index contributed by atoms with van der Waals surface area (Å²) < 4.78 is 10.1. The zero-order valence-corrected chi connectivity index (χ0v) is 15.5. The molecule has 1 amide bonds. The average Bonchev–Trinajstić information content (AvgIpc) is 3.30. The van der Waals surface area contributed by atoms with Crippen LogP contribution in [-0.4, -0.2) is 33.6 Å². The van der Waals surface area contributed by atoms with Crippen LogP contribution in [0.3, 0.4) is 0 Å². The van der Waals surface area contributed by atoms with Crippen LogP contribution in [0.25, 0.3) is 11.4 Å². The van der Waals surface area contributed by atoms with Crippen LogP contribution in [0.4, 0.5) is 5.13 Å². The van der Waals surface area contributed by atoms with Crippen LogP contribution in [-0.2, 0) is 27.2 Å². The Morgan fingerprint density at radius 1 is 1.22 bits per heavy atom. The van der Waals surface area contributed by atoms with Gasteiger partial charge in [0.1, 0.15) is 0 Å². The Labute approximate surface area is 159 Å². The van der Waals surface area contributed by atoms with Crippen molar-refractivity contribution in [1.29, 1.82) is 0 Å². The number of carbonyl (C=O) groups excluding carboxylic acids is 2. The van der Waals surface area contributed by atoms with Gasteiger partial charge in [0.15, 0.2) is 5.13 Å². The number of benzene rings is 1. The summed E-state index contributed by atoms with van der Waals surface area (Å²) in [6.07, 6.45) is 0.598. The summed E-state index contributed by atoms with van der Waals surface area (Å²) >= 11 is 1.26. The monoisotopic (exact) mass is 386 g/mol. The molecule has 0 saturated carbocycles. The van der Waals surface area contributed by atoms with Crippen LogP contribution >= 0.6 is 11.3 Å². The Kier molecular flexibility index (Phi) is 6.26. The maximum Gasteiger partial charge on any atom is 0.311 e. The number of amides is 1. The van der Waals surface area contributed by atoms with E-state index in [1.54, 1.807) is 12.3 Å². The molecule has 2 heterocycles. The maximum atomic E-state index is 12.1. The fourth-order valence-corrected chi connectivity index (χ4v) is 3.00. The number of hydrogen-bond donors (Lipinski definition) is 1. The molecule has 8 nitrogen and oxygen atoms in total. The largest absolute Gasteiger partial charge is 0.466 e. The van der Waals surface area contributed by atoms with E-state index in [4.69, 9.17) is 9.26 Å². The van der Waals surface area contributed by atoms with Crippen LogP contribution in [0.1, 0.15) is 24.9 Å². The van der Waals surface area contributed by atoms with E-state index in [9.17, 15) is 9.59 Å². The van der Waals surface area contributed by atoms with Crippen molar-refractivity contribution in [3.05, 3.63) is 47.3 Å². The molecule has 1 N–H and O–H groups in total. The zero-order chi connectivity index (χ0) is 19.1. The normalized spacial score (nSPS) is 10.6. The first-order valence-electron chi connectivity index (χ1n) is 8.42. The summed E-state index contributed by atoms with van der Waals surface area (Å²) in [6.45, 7) is 2.07. The summed E-state index contributed by atoms with van der Waals surface area (Å²) in [4.78, 5) is 32.0. The topological polar surface area (TPSA) is 107 Å². The molecule has 0 atom stereocenters. The van der Waals surface area contributed by atoms with Crippen molar-refractivity contribution in [2.45, 2.75) is 26.2 Å². The second-order valence-electron chi connectivity index (χ2n) is 5.55. The van der Waals surface area contributed by atoms with Crippen molar-refractivity contribution in [1.82, 2.24) is 15.1 Å². The standard InChI is InChI=1S/C18H18N4O4S/c1-2-25-16(24)10-13-11-27-18(19-13)20-14(23)8-9-15-21-17(22-26-15)12-6-4-3-5-7-12/h3-7,11H,2,8-10H2,1H3,(H,19,20,23). The van der Waals surface area contributed by atoms with Gasteiger partial charge in [0.25, 0.3) is 0 Å². The summed E-state index contributed by atoms with van der Waals surface area (Å²) in [5.74, 6) is 0.332. The molecule has 2 aromatic heterocycles. The lowest BCUT2D eigenvalue weighted by atomic mass is 10.2. The third kappa shape index (κ3) is 5.45. The lowest BCUT2D eigenvalue weighted by molar-refractivity contribution is -0.142. The first-order valence-corrected chi connectivity index (χ1v) is 9.30. The summed E-state index contributed by atoms with van der Waals surface area (Å²) in [5.41, 5.74) is 1.42. The quantitative estimate of drug-likeness (QED) is 0.593. The molecular formula is C18H18N4O4S. The predicted octanol–water partition coefficient (Wildman–Crippen LogP) is 2.87. The molecule has 0 unspecified atom stereocenters. The Hall–Kier alpha value is -3.07. The Bertz CT molecular complexity index is 907. The number of rotatable bonds is 8. The number of nitrogens with zero attached hydrogens (tertiary/aromatic N) is 3. The predicted molar refractivity (Wildman–Crippen MR) is 99.1 cm³/mol. The van der Waals surface area contributed by atoms with Crippen molar-refractivity contribution in [3.63, 3.8) is 0 Å². The van der Waals surface area contributed by atoms with E-state index in [2.05, 4.69) is 20.4 Å². The van der Waals surface area contributed by atoms with E-state index in [0.29, 0.717) is 35.6 Å². The smallest absolute Gasteiger partial charge is 0.311 e. The Balaban J connectivity index is 1.48. The number of aromatic nitrogens is 3. The summed E-state index contributed by atoms with van der Waals surface area (Å²) in [5, 5.41) is 8.78.